The van der Waals surface area contributed by atoms with Gasteiger partial charge < -0.3 is 4.74 Å². The molecule has 1 aliphatic rings. The third-order valence-corrected chi connectivity index (χ3v) is 0.761. The van der Waals surface area contributed by atoms with Crippen LogP contribution in [0.15, 0.2) is 0 Å². The molecule has 0 aromatic heterocycles. The fourth-order valence-electron chi connectivity index (χ4n) is 0.433. The van der Waals surface area contributed by atoms with Crippen LogP contribution < -0.4 is 0 Å². The number of rotatable bonds is 0. The van der Waals surface area contributed by atoms with Crippen molar-refractivity contribution in [3.63, 3.8) is 0 Å². The zero-order chi connectivity index (χ0) is 5.28. The van der Waals surface area contributed by atoms with Crippen LogP contribution in [0.3, 0.4) is 0 Å². The Labute approximate surface area is 57.4 Å². The summed E-state index contributed by atoms with van der Waals surface area (Å²) < 4.78 is 4.08. The molecule has 0 atom stereocenters. The first-order valence-electron chi connectivity index (χ1n) is 2.02. The number of carbonyl (C=O) groups is 2. The summed E-state index contributed by atoms with van der Waals surface area (Å²) in [6.45, 7) is 0. The van der Waals surface area contributed by atoms with Gasteiger partial charge in [-0.05, 0) is 0 Å². The molecule has 1 saturated heterocycles. The fraction of sp³-hybridized carbons (Fsp3) is 0.500. The van der Waals surface area contributed by atoms with Crippen LogP contribution >= 0.6 is 0 Å². The van der Waals surface area contributed by atoms with Gasteiger partial charge in [0.05, 0.1) is 12.8 Å². The van der Waals surface area contributed by atoms with E-state index in [0.29, 0.717) is 0 Å². The molecule has 0 N–H and O–H groups in total. The van der Waals surface area contributed by atoms with Crippen molar-refractivity contribution < 1.29 is 14.3 Å². The molecule has 4 heteroatoms. The van der Waals surface area contributed by atoms with Crippen molar-refractivity contribution in [3.8, 4) is 0 Å². The Balaban J connectivity index is 0.000000490. The normalized spacial score (nSPS) is 17.5. The maximum absolute atomic E-state index is 10.0. The minimum absolute atomic E-state index is 0. The van der Waals surface area contributed by atoms with Gasteiger partial charge in [-0.25, -0.2) is 0 Å². The standard InChI is InChI=1S/C4H4O3.GeH4/c5-3-1-2-4(6)7-3;/h1-2H2;1H4. The van der Waals surface area contributed by atoms with Crippen LogP contribution in [-0.4, -0.2) is 29.5 Å². The molecule has 46 valence electrons. The number of hydrogen-bond acceptors (Lipinski definition) is 3. The average molecular weight is 177 g/mol. The van der Waals surface area contributed by atoms with Crippen molar-refractivity contribution in [1.82, 2.24) is 0 Å². The van der Waals surface area contributed by atoms with Gasteiger partial charge in [-0.3, -0.25) is 9.59 Å². The molecule has 0 bridgehead atoms. The zero-order valence-electron chi connectivity index (χ0n) is 3.64. The summed E-state index contributed by atoms with van der Waals surface area (Å²) in [5, 5.41) is 0. The van der Waals surface area contributed by atoms with E-state index in [4.69, 9.17) is 0 Å². The number of cyclic esters (lactones) is 2. The second-order valence-electron chi connectivity index (χ2n) is 1.35. The predicted molar refractivity (Wildman–Crippen MR) is 31.7 cm³/mol. The van der Waals surface area contributed by atoms with Crippen LogP contribution in [-0.2, 0) is 14.3 Å². The van der Waals surface area contributed by atoms with E-state index in [9.17, 15) is 9.59 Å². The Hall–Kier alpha value is -0.317. The third-order valence-electron chi connectivity index (χ3n) is 0.761. The SMILES string of the molecule is O=C1CCC(=O)O1.[GeH4]. The summed E-state index contributed by atoms with van der Waals surface area (Å²) >= 11 is 0. The van der Waals surface area contributed by atoms with Crippen molar-refractivity contribution in [1.29, 1.82) is 0 Å². The molecule has 0 radical (unpaired) electrons. The van der Waals surface area contributed by atoms with E-state index in [1.807, 2.05) is 0 Å². The molecule has 3 nitrogen and oxygen atoms in total. The van der Waals surface area contributed by atoms with Crippen molar-refractivity contribution >= 4 is 29.5 Å². The van der Waals surface area contributed by atoms with Crippen molar-refractivity contribution in [2.75, 3.05) is 0 Å². The van der Waals surface area contributed by atoms with Crippen LogP contribution in [0.25, 0.3) is 0 Å². The predicted octanol–water partition coefficient (Wildman–Crippen LogP) is -1.60. The third kappa shape index (κ3) is 1.65. The first-order valence-corrected chi connectivity index (χ1v) is 2.02. The van der Waals surface area contributed by atoms with E-state index in [1.54, 1.807) is 0 Å². The Kier molecular flexibility index (Phi) is 2.75. The van der Waals surface area contributed by atoms with Crippen LogP contribution in [0.4, 0.5) is 0 Å². The van der Waals surface area contributed by atoms with E-state index in [0.717, 1.165) is 0 Å². The van der Waals surface area contributed by atoms with E-state index < -0.39 is 11.9 Å². The molecule has 0 unspecified atom stereocenters. The van der Waals surface area contributed by atoms with Crippen LogP contribution in [0.1, 0.15) is 12.8 Å². The van der Waals surface area contributed by atoms with Crippen LogP contribution in [0.5, 0.6) is 0 Å². The van der Waals surface area contributed by atoms with Gasteiger partial charge in [0.15, 0.2) is 0 Å². The molecule has 1 fully saturated rings. The van der Waals surface area contributed by atoms with Crippen molar-refractivity contribution in [2.24, 2.45) is 0 Å². The van der Waals surface area contributed by atoms with Gasteiger partial charge in [0, 0.05) is 0 Å². The number of esters is 2. The summed E-state index contributed by atoms with van der Waals surface area (Å²) in [6.07, 6.45) is 0.525. The van der Waals surface area contributed by atoms with E-state index in [2.05, 4.69) is 4.74 Å². The van der Waals surface area contributed by atoms with Gasteiger partial charge in [-0.2, -0.15) is 0 Å². The molecule has 1 rings (SSSR count). The molecule has 0 amide bonds. The van der Waals surface area contributed by atoms with Gasteiger partial charge in [-0.1, -0.05) is 0 Å². The Bertz CT molecular complexity index is 106. The topological polar surface area (TPSA) is 43.4 Å². The van der Waals surface area contributed by atoms with Gasteiger partial charge in [0.1, 0.15) is 0 Å². The van der Waals surface area contributed by atoms with Gasteiger partial charge in [0.25, 0.3) is 0 Å². The molecule has 0 aromatic rings. The Morgan fingerprint density at radius 3 is 1.62 bits per heavy atom. The van der Waals surface area contributed by atoms with Crippen molar-refractivity contribution in [3.05, 3.63) is 0 Å². The quantitative estimate of drug-likeness (QED) is 0.254. The minimum atomic E-state index is -0.398. The number of ether oxygens (including phenoxy) is 1. The molecule has 0 saturated carbocycles. The summed E-state index contributed by atoms with van der Waals surface area (Å²) in [5.41, 5.74) is 0. The van der Waals surface area contributed by atoms with E-state index in [1.165, 1.54) is 0 Å². The van der Waals surface area contributed by atoms with E-state index >= 15 is 0 Å². The fourth-order valence-corrected chi connectivity index (χ4v) is 0.433. The average Bonchev–Trinajstić information content (AvgIpc) is 1.87. The molecule has 1 heterocycles. The Morgan fingerprint density at radius 1 is 1.12 bits per heavy atom. The van der Waals surface area contributed by atoms with Gasteiger partial charge in [0.2, 0.25) is 0 Å². The second-order valence-corrected chi connectivity index (χ2v) is 1.35. The summed E-state index contributed by atoms with van der Waals surface area (Å²) in [5.74, 6) is -0.796. The first-order chi connectivity index (χ1) is 3.29. The summed E-state index contributed by atoms with van der Waals surface area (Å²) in [6, 6.07) is 0. The molecule has 0 aromatic carbocycles. The van der Waals surface area contributed by atoms with Gasteiger partial charge >= 0.3 is 29.5 Å². The summed E-state index contributed by atoms with van der Waals surface area (Å²) in [4.78, 5) is 20.0. The molecule has 0 spiro atoms. The number of carbonyl (C=O) groups excluding carboxylic acids is 2. The first kappa shape index (κ1) is 7.68. The van der Waals surface area contributed by atoms with Crippen molar-refractivity contribution in [2.45, 2.75) is 12.8 Å². The van der Waals surface area contributed by atoms with Gasteiger partial charge in [-0.15, -0.1) is 0 Å². The molecule has 0 aliphatic carbocycles. The Morgan fingerprint density at radius 2 is 1.50 bits per heavy atom. The monoisotopic (exact) mass is 178 g/mol. The second kappa shape index (κ2) is 2.86. The molecule has 8 heavy (non-hydrogen) atoms. The maximum atomic E-state index is 10.0. The summed E-state index contributed by atoms with van der Waals surface area (Å²) in [7, 11) is 0. The molecular formula is C4H8GeO3. The molecular weight excluding hydrogens is 169 g/mol. The number of hydrogen-bond donors (Lipinski definition) is 0. The van der Waals surface area contributed by atoms with E-state index in [-0.39, 0.29) is 30.4 Å². The molecule has 1 aliphatic heterocycles. The van der Waals surface area contributed by atoms with Crippen LogP contribution in [0.2, 0.25) is 0 Å². The zero-order valence-corrected chi connectivity index (χ0v) is 3.64. The van der Waals surface area contributed by atoms with Crippen LogP contribution in [0, 0.1) is 0 Å².